The van der Waals surface area contributed by atoms with E-state index < -0.39 is 0 Å². The maximum atomic E-state index is 11.5. The molecule has 0 bridgehead atoms. The first-order valence-corrected chi connectivity index (χ1v) is 12.8. The van der Waals surface area contributed by atoms with Crippen LogP contribution in [0, 0.1) is 0 Å². The minimum absolute atomic E-state index is 0.136. The predicted molar refractivity (Wildman–Crippen MR) is 158 cm³/mol. The van der Waals surface area contributed by atoms with Crippen LogP contribution in [0.5, 0.6) is 0 Å². The van der Waals surface area contributed by atoms with Crippen molar-refractivity contribution in [2.24, 2.45) is 10.2 Å². The Bertz CT molecular complexity index is 1080. The van der Waals surface area contributed by atoms with E-state index in [1.807, 2.05) is 92.1 Å². The van der Waals surface area contributed by atoms with E-state index in [0.717, 1.165) is 37.3 Å². The SMILES string of the molecule is CCN(CC)C(=S)NN=C(C(=NNC(=S)N(CC)CC)c1ccc(NC(C)=O)cc1)c1ccccc1. The summed E-state index contributed by atoms with van der Waals surface area (Å²) in [5.74, 6) is -0.136. The van der Waals surface area contributed by atoms with Gasteiger partial charge in [0.2, 0.25) is 5.91 Å². The highest BCUT2D eigenvalue weighted by Gasteiger charge is 2.17. The largest absolute Gasteiger partial charge is 0.348 e. The molecule has 0 atom stereocenters. The van der Waals surface area contributed by atoms with Gasteiger partial charge in [0.25, 0.3) is 0 Å². The number of anilines is 1. The van der Waals surface area contributed by atoms with Gasteiger partial charge in [0.1, 0.15) is 11.4 Å². The lowest BCUT2D eigenvalue weighted by Gasteiger charge is -2.22. The van der Waals surface area contributed by atoms with Gasteiger partial charge in [-0.15, -0.1) is 0 Å². The molecule has 2 rings (SSSR count). The highest BCUT2D eigenvalue weighted by Crippen LogP contribution is 2.14. The Morgan fingerprint density at radius 3 is 1.53 bits per heavy atom. The average Bonchev–Trinajstić information content (AvgIpc) is 2.88. The minimum atomic E-state index is -0.136. The third kappa shape index (κ3) is 8.39. The van der Waals surface area contributed by atoms with E-state index >= 15 is 0 Å². The molecule has 0 aliphatic rings. The number of thiocarbonyl (C=S) groups is 2. The number of carbonyl (C=O) groups excluding carboxylic acids is 1. The van der Waals surface area contributed by atoms with Crippen LogP contribution >= 0.6 is 24.4 Å². The van der Waals surface area contributed by atoms with Crippen molar-refractivity contribution >= 4 is 57.7 Å². The number of hydrogen-bond acceptors (Lipinski definition) is 5. The maximum absolute atomic E-state index is 11.5. The summed E-state index contributed by atoms with van der Waals surface area (Å²) < 4.78 is 0. The van der Waals surface area contributed by atoms with E-state index in [2.05, 4.69) is 16.2 Å². The van der Waals surface area contributed by atoms with Gasteiger partial charge in [-0.2, -0.15) is 10.2 Å². The number of benzene rings is 2. The summed E-state index contributed by atoms with van der Waals surface area (Å²) in [7, 11) is 0. The molecule has 8 nitrogen and oxygen atoms in total. The molecule has 3 N–H and O–H groups in total. The second kappa shape index (κ2) is 14.9. The number of nitrogens with zero attached hydrogens (tertiary/aromatic N) is 4. The second-order valence-corrected chi connectivity index (χ2v) is 8.50. The molecule has 0 spiro atoms. The molecule has 10 heteroatoms. The first-order valence-electron chi connectivity index (χ1n) is 12.0. The highest BCUT2D eigenvalue weighted by atomic mass is 32.1. The van der Waals surface area contributed by atoms with Crippen LogP contribution in [0.3, 0.4) is 0 Å². The molecule has 0 saturated carbocycles. The fourth-order valence-corrected chi connectivity index (χ4v) is 4.00. The summed E-state index contributed by atoms with van der Waals surface area (Å²) in [6.45, 7) is 12.7. The number of hydrogen-bond donors (Lipinski definition) is 3. The Morgan fingerprint density at radius 1 is 0.722 bits per heavy atom. The van der Waals surface area contributed by atoms with Crippen molar-refractivity contribution in [3.05, 3.63) is 65.7 Å². The van der Waals surface area contributed by atoms with Crippen LogP contribution in [0.1, 0.15) is 45.7 Å². The topological polar surface area (TPSA) is 84.4 Å². The van der Waals surface area contributed by atoms with Crippen molar-refractivity contribution in [1.29, 1.82) is 0 Å². The zero-order chi connectivity index (χ0) is 26.5. The van der Waals surface area contributed by atoms with E-state index in [4.69, 9.17) is 34.6 Å². The van der Waals surface area contributed by atoms with Gasteiger partial charge in [0.05, 0.1) is 0 Å². The van der Waals surface area contributed by atoms with Gasteiger partial charge >= 0.3 is 0 Å². The Labute approximate surface area is 224 Å². The molecule has 36 heavy (non-hydrogen) atoms. The van der Waals surface area contributed by atoms with Gasteiger partial charge in [-0.05, 0) is 64.3 Å². The lowest BCUT2D eigenvalue weighted by Crippen LogP contribution is -2.39. The van der Waals surface area contributed by atoms with E-state index in [0.29, 0.717) is 27.3 Å². The van der Waals surface area contributed by atoms with Gasteiger partial charge in [0.15, 0.2) is 10.2 Å². The van der Waals surface area contributed by atoms with Crippen molar-refractivity contribution in [2.75, 3.05) is 31.5 Å². The highest BCUT2D eigenvalue weighted by molar-refractivity contribution is 7.80. The fourth-order valence-electron chi connectivity index (χ4n) is 3.39. The van der Waals surface area contributed by atoms with Gasteiger partial charge in [-0.3, -0.25) is 15.6 Å². The van der Waals surface area contributed by atoms with Crippen LogP contribution in [0.25, 0.3) is 0 Å². The van der Waals surface area contributed by atoms with Crippen LogP contribution in [0.15, 0.2) is 64.8 Å². The summed E-state index contributed by atoms with van der Waals surface area (Å²) in [5.41, 5.74) is 9.57. The normalized spacial score (nSPS) is 11.5. The van der Waals surface area contributed by atoms with Gasteiger partial charge in [-0.25, -0.2) is 0 Å². The summed E-state index contributed by atoms with van der Waals surface area (Å²) in [6.07, 6.45) is 0. The zero-order valence-electron chi connectivity index (χ0n) is 21.5. The lowest BCUT2D eigenvalue weighted by molar-refractivity contribution is -0.114. The van der Waals surface area contributed by atoms with Crippen LogP contribution in [-0.2, 0) is 4.79 Å². The smallest absolute Gasteiger partial charge is 0.221 e. The lowest BCUT2D eigenvalue weighted by atomic mass is 9.99. The Kier molecular flexibility index (Phi) is 11.9. The Morgan fingerprint density at radius 2 is 1.14 bits per heavy atom. The van der Waals surface area contributed by atoms with E-state index in [-0.39, 0.29) is 5.91 Å². The molecule has 192 valence electrons. The number of amides is 1. The molecule has 0 heterocycles. The Balaban J connectivity index is 2.58. The van der Waals surface area contributed by atoms with Crippen molar-refractivity contribution in [2.45, 2.75) is 34.6 Å². The first-order chi connectivity index (χ1) is 17.3. The van der Waals surface area contributed by atoms with Crippen LogP contribution in [0.4, 0.5) is 5.69 Å². The summed E-state index contributed by atoms with van der Waals surface area (Å²) >= 11 is 11.1. The number of rotatable bonds is 10. The number of hydrazone groups is 2. The summed E-state index contributed by atoms with van der Waals surface area (Å²) in [5, 5.41) is 13.3. The standard InChI is InChI=1S/C26H35N7OS2/c1-6-32(7-2)25(35)30-28-23(20-13-11-10-12-14-20)24(29-31-26(36)33(8-3)9-4)21-15-17-22(18-16-21)27-19(5)34/h10-18H,6-9H2,1-5H3,(H,27,34)(H,30,35)(H,31,36). The first kappa shape index (κ1) is 28.9. The van der Waals surface area contributed by atoms with E-state index in [9.17, 15) is 4.79 Å². The number of carbonyl (C=O) groups is 1. The van der Waals surface area contributed by atoms with E-state index in [1.54, 1.807) is 0 Å². The summed E-state index contributed by atoms with van der Waals surface area (Å²) in [6, 6.07) is 17.2. The van der Waals surface area contributed by atoms with Crippen molar-refractivity contribution < 1.29 is 4.79 Å². The molecule has 2 aromatic carbocycles. The van der Waals surface area contributed by atoms with Gasteiger partial charge < -0.3 is 15.1 Å². The third-order valence-electron chi connectivity index (χ3n) is 5.38. The molecule has 0 fully saturated rings. The molecule has 0 radical (unpaired) electrons. The van der Waals surface area contributed by atoms with Crippen molar-refractivity contribution in [1.82, 2.24) is 20.7 Å². The molecule has 0 aliphatic heterocycles. The van der Waals surface area contributed by atoms with Crippen LogP contribution in [-0.4, -0.2) is 63.5 Å². The van der Waals surface area contributed by atoms with Gasteiger partial charge in [0, 0.05) is 49.9 Å². The summed E-state index contributed by atoms with van der Waals surface area (Å²) in [4.78, 5) is 15.5. The average molecular weight is 526 g/mol. The molecule has 0 unspecified atom stereocenters. The quantitative estimate of drug-likeness (QED) is 0.244. The van der Waals surface area contributed by atoms with Crippen LogP contribution < -0.4 is 16.2 Å². The van der Waals surface area contributed by atoms with Gasteiger partial charge in [-0.1, -0.05) is 42.5 Å². The minimum Gasteiger partial charge on any atom is -0.348 e. The monoisotopic (exact) mass is 525 g/mol. The fraction of sp³-hybridized carbons (Fsp3) is 0.346. The Hall–Kier alpha value is -3.37. The molecule has 0 saturated heterocycles. The maximum Gasteiger partial charge on any atom is 0.221 e. The van der Waals surface area contributed by atoms with E-state index in [1.165, 1.54) is 6.92 Å². The second-order valence-electron chi connectivity index (χ2n) is 7.72. The molecule has 2 aromatic rings. The van der Waals surface area contributed by atoms with Crippen molar-refractivity contribution in [3.63, 3.8) is 0 Å². The van der Waals surface area contributed by atoms with Crippen LogP contribution in [0.2, 0.25) is 0 Å². The number of nitrogens with one attached hydrogen (secondary N) is 3. The predicted octanol–water partition coefficient (Wildman–Crippen LogP) is 4.19. The molecular formula is C26H35N7OS2. The molecular weight excluding hydrogens is 490 g/mol. The molecule has 0 aliphatic carbocycles. The molecule has 0 aromatic heterocycles. The third-order valence-corrected chi connectivity index (χ3v) is 6.08. The molecule has 1 amide bonds. The van der Waals surface area contributed by atoms with Crippen molar-refractivity contribution in [3.8, 4) is 0 Å². The zero-order valence-corrected chi connectivity index (χ0v) is 23.2.